The van der Waals surface area contributed by atoms with Gasteiger partial charge in [-0.3, -0.25) is 0 Å². The van der Waals surface area contributed by atoms with Crippen LogP contribution in [-0.4, -0.2) is 42.5 Å². The molecule has 5 heteroatoms. The molecule has 1 heterocycles. The van der Waals surface area contributed by atoms with Gasteiger partial charge in [0.15, 0.2) is 0 Å². The lowest BCUT2D eigenvalue weighted by atomic mass is 9.90. The summed E-state index contributed by atoms with van der Waals surface area (Å²) < 4.78 is 11.2. The van der Waals surface area contributed by atoms with Gasteiger partial charge < -0.3 is 20.1 Å². The second-order valence-electron chi connectivity index (χ2n) is 8.54. The first-order chi connectivity index (χ1) is 10.5. The third kappa shape index (κ3) is 8.56. The van der Waals surface area contributed by atoms with E-state index in [-0.39, 0.29) is 17.7 Å². The molecule has 1 fully saturated rings. The first kappa shape index (κ1) is 20.2. The lowest BCUT2D eigenvalue weighted by molar-refractivity contribution is 0.0453. The molecule has 0 saturated carbocycles. The van der Waals surface area contributed by atoms with Gasteiger partial charge in [-0.1, -0.05) is 13.8 Å². The monoisotopic (exact) mass is 328 g/mol. The van der Waals surface area contributed by atoms with Crippen LogP contribution in [0, 0.1) is 5.92 Å². The molecule has 1 amide bonds. The molecule has 0 spiro atoms. The minimum absolute atomic E-state index is 0.166. The number of hydrogen-bond donors (Lipinski definition) is 2. The number of carbonyl (C=O) groups excluding carboxylic acids is 1. The molecule has 3 atom stereocenters. The van der Waals surface area contributed by atoms with Crippen molar-refractivity contribution in [2.24, 2.45) is 5.92 Å². The molecule has 3 unspecified atom stereocenters. The Bertz CT molecular complexity index is 379. The summed E-state index contributed by atoms with van der Waals surface area (Å²) in [4.78, 5) is 11.9. The number of alkyl carbamates (subject to hydrolysis) is 1. The summed E-state index contributed by atoms with van der Waals surface area (Å²) in [6.07, 6.45) is 3.48. The van der Waals surface area contributed by atoms with Crippen LogP contribution in [0.3, 0.4) is 0 Å². The zero-order valence-electron chi connectivity index (χ0n) is 16.0. The van der Waals surface area contributed by atoms with Crippen molar-refractivity contribution in [2.45, 2.75) is 91.1 Å². The smallest absolute Gasteiger partial charge is 0.407 e. The summed E-state index contributed by atoms with van der Waals surface area (Å²) >= 11 is 0. The number of ether oxygens (including phenoxy) is 2. The Morgan fingerprint density at radius 1 is 1.26 bits per heavy atom. The molecule has 0 aliphatic carbocycles. The molecule has 1 saturated heterocycles. The van der Waals surface area contributed by atoms with Crippen LogP contribution in [0.1, 0.15) is 67.7 Å². The topological polar surface area (TPSA) is 59.6 Å². The van der Waals surface area contributed by atoms with Crippen molar-refractivity contribution >= 4 is 6.09 Å². The van der Waals surface area contributed by atoms with Gasteiger partial charge in [-0.2, -0.15) is 0 Å². The molecule has 0 aromatic rings. The molecule has 136 valence electrons. The summed E-state index contributed by atoms with van der Waals surface area (Å²) in [6.45, 7) is 15.7. The van der Waals surface area contributed by atoms with Crippen molar-refractivity contribution in [3.8, 4) is 0 Å². The average Bonchev–Trinajstić information content (AvgIpc) is 2.77. The summed E-state index contributed by atoms with van der Waals surface area (Å²) in [7, 11) is 0. The van der Waals surface area contributed by atoms with E-state index in [1.807, 2.05) is 20.8 Å². The zero-order chi connectivity index (χ0) is 17.7. The van der Waals surface area contributed by atoms with Crippen LogP contribution in [0.15, 0.2) is 0 Å². The molecule has 0 aromatic carbocycles. The first-order valence-corrected chi connectivity index (χ1v) is 8.86. The van der Waals surface area contributed by atoms with Gasteiger partial charge in [0.25, 0.3) is 0 Å². The van der Waals surface area contributed by atoms with Gasteiger partial charge in [0.05, 0.1) is 12.2 Å². The highest BCUT2D eigenvalue weighted by Gasteiger charge is 2.29. The molecular weight excluding hydrogens is 292 g/mol. The van der Waals surface area contributed by atoms with Crippen LogP contribution in [0.25, 0.3) is 0 Å². The van der Waals surface area contributed by atoms with E-state index >= 15 is 0 Å². The Kier molecular flexibility index (Phi) is 7.33. The Morgan fingerprint density at radius 2 is 1.91 bits per heavy atom. The molecule has 5 nitrogen and oxygen atoms in total. The van der Waals surface area contributed by atoms with Crippen LogP contribution < -0.4 is 10.6 Å². The van der Waals surface area contributed by atoms with Crippen LogP contribution in [0.4, 0.5) is 4.79 Å². The number of nitrogens with one attached hydrogen (secondary N) is 2. The second kappa shape index (κ2) is 8.34. The number of carbonyl (C=O) groups is 1. The fourth-order valence-electron chi connectivity index (χ4n) is 3.08. The molecule has 1 rings (SSSR count). The predicted octanol–water partition coefficient (Wildman–Crippen LogP) is 3.47. The van der Waals surface area contributed by atoms with E-state index in [9.17, 15) is 4.79 Å². The van der Waals surface area contributed by atoms with Crippen LogP contribution >= 0.6 is 0 Å². The van der Waals surface area contributed by atoms with Crippen molar-refractivity contribution in [3.63, 3.8) is 0 Å². The van der Waals surface area contributed by atoms with Crippen molar-refractivity contribution in [1.29, 1.82) is 0 Å². The van der Waals surface area contributed by atoms with Gasteiger partial charge in [0.2, 0.25) is 0 Å². The third-order valence-electron chi connectivity index (χ3n) is 3.96. The maximum atomic E-state index is 11.9. The Morgan fingerprint density at radius 3 is 2.39 bits per heavy atom. The van der Waals surface area contributed by atoms with Crippen molar-refractivity contribution in [2.75, 3.05) is 13.1 Å². The SMILES string of the molecule is CC(C)CC(C)(CNC(=O)OC(C)(C)C)NCC1CCC(C)O1. The zero-order valence-corrected chi connectivity index (χ0v) is 16.0. The van der Waals surface area contributed by atoms with Gasteiger partial charge in [0, 0.05) is 18.6 Å². The largest absolute Gasteiger partial charge is 0.444 e. The quantitative estimate of drug-likeness (QED) is 0.751. The summed E-state index contributed by atoms with van der Waals surface area (Å²) in [5.41, 5.74) is -0.639. The fourth-order valence-corrected chi connectivity index (χ4v) is 3.08. The van der Waals surface area contributed by atoms with E-state index in [2.05, 4.69) is 38.3 Å². The van der Waals surface area contributed by atoms with E-state index < -0.39 is 5.60 Å². The van der Waals surface area contributed by atoms with E-state index in [1.54, 1.807) is 0 Å². The highest BCUT2D eigenvalue weighted by atomic mass is 16.6. The number of amides is 1. The normalized spacial score (nSPS) is 24.5. The standard InChI is InChI=1S/C18H36N2O3/c1-13(2)10-18(7,12-19-16(21)23-17(4,5)6)20-11-15-9-8-14(3)22-15/h13-15,20H,8-12H2,1-7H3,(H,19,21). The summed E-state index contributed by atoms with van der Waals surface area (Å²) in [5, 5.41) is 6.52. The maximum Gasteiger partial charge on any atom is 0.407 e. The van der Waals surface area contributed by atoms with Gasteiger partial charge in [0.1, 0.15) is 5.60 Å². The third-order valence-corrected chi connectivity index (χ3v) is 3.96. The van der Waals surface area contributed by atoms with Gasteiger partial charge in [-0.05, 0) is 59.8 Å². The minimum Gasteiger partial charge on any atom is -0.444 e. The Hall–Kier alpha value is -0.810. The van der Waals surface area contributed by atoms with Crippen molar-refractivity contribution < 1.29 is 14.3 Å². The van der Waals surface area contributed by atoms with Crippen LogP contribution in [-0.2, 0) is 9.47 Å². The fraction of sp³-hybridized carbons (Fsp3) is 0.944. The molecule has 1 aliphatic rings. The van der Waals surface area contributed by atoms with E-state index in [4.69, 9.17) is 9.47 Å². The predicted molar refractivity (Wildman–Crippen MR) is 93.7 cm³/mol. The summed E-state index contributed by atoms with van der Waals surface area (Å²) in [5.74, 6) is 0.538. The van der Waals surface area contributed by atoms with E-state index in [0.29, 0.717) is 18.6 Å². The highest BCUT2D eigenvalue weighted by molar-refractivity contribution is 5.67. The van der Waals surface area contributed by atoms with E-state index in [1.165, 1.54) is 0 Å². The Labute approximate surface area is 141 Å². The molecular formula is C18H36N2O3. The van der Waals surface area contributed by atoms with Gasteiger partial charge >= 0.3 is 6.09 Å². The Balaban J connectivity index is 2.50. The maximum absolute atomic E-state index is 11.9. The second-order valence-corrected chi connectivity index (χ2v) is 8.54. The van der Waals surface area contributed by atoms with Crippen molar-refractivity contribution in [1.82, 2.24) is 10.6 Å². The number of rotatable bonds is 7. The molecule has 2 N–H and O–H groups in total. The van der Waals surface area contributed by atoms with E-state index in [0.717, 1.165) is 25.8 Å². The average molecular weight is 328 g/mol. The minimum atomic E-state index is -0.472. The van der Waals surface area contributed by atoms with Gasteiger partial charge in [-0.25, -0.2) is 4.79 Å². The lowest BCUT2D eigenvalue weighted by Gasteiger charge is -2.34. The van der Waals surface area contributed by atoms with Crippen molar-refractivity contribution in [3.05, 3.63) is 0 Å². The highest BCUT2D eigenvalue weighted by Crippen LogP contribution is 2.21. The molecule has 0 radical (unpaired) electrons. The molecule has 0 bridgehead atoms. The number of hydrogen-bond acceptors (Lipinski definition) is 4. The van der Waals surface area contributed by atoms with Crippen LogP contribution in [0.5, 0.6) is 0 Å². The molecule has 1 aliphatic heterocycles. The lowest BCUT2D eigenvalue weighted by Crippen LogP contribution is -2.54. The van der Waals surface area contributed by atoms with Gasteiger partial charge in [-0.15, -0.1) is 0 Å². The summed E-state index contributed by atoms with van der Waals surface area (Å²) in [6, 6.07) is 0. The molecule has 23 heavy (non-hydrogen) atoms. The van der Waals surface area contributed by atoms with Crippen LogP contribution in [0.2, 0.25) is 0 Å². The molecule has 0 aromatic heterocycles. The first-order valence-electron chi connectivity index (χ1n) is 8.86.